The summed E-state index contributed by atoms with van der Waals surface area (Å²) in [6.45, 7) is -1.12. The average molecular weight is 437 g/mol. The maximum Gasteiger partial charge on any atom is 0.325 e. The van der Waals surface area contributed by atoms with E-state index >= 15 is 0 Å². The van der Waals surface area contributed by atoms with Crippen molar-refractivity contribution in [1.29, 1.82) is 0 Å². The second-order valence-corrected chi connectivity index (χ2v) is 6.76. The number of methoxy groups -OCH3 is 3. The number of rotatable bonds is 9. The van der Waals surface area contributed by atoms with Gasteiger partial charge in [-0.1, -0.05) is 12.8 Å². The van der Waals surface area contributed by atoms with Crippen molar-refractivity contribution in [3.8, 4) is 17.2 Å². The number of carbonyl (C=O) groups excluding carboxylic acids is 4. The molecule has 1 aliphatic carbocycles. The second-order valence-electron chi connectivity index (χ2n) is 6.76. The Morgan fingerprint density at radius 2 is 1.58 bits per heavy atom. The largest absolute Gasteiger partial charge is 0.493 e. The molecule has 0 bridgehead atoms. The third-order valence-electron chi connectivity index (χ3n) is 4.63. The van der Waals surface area contributed by atoms with Gasteiger partial charge in [0.05, 0.1) is 21.3 Å². The summed E-state index contributed by atoms with van der Waals surface area (Å²) in [5.41, 5.74) is 0.170. The topological polar surface area (TPSA) is 141 Å². The molecular weight excluding hydrogens is 410 g/mol. The van der Waals surface area contributed by atoms with Gasteiger partial charge < -0.3 is 29.6 Å². The minimum Gasteiger partial charge on any atom is -0.493 e. The number of nitrogens with one attached hydrogen (secondary N) is 3. The van der Waals surface area contributed by atoms with Crippen LogP contribution in [0.5, 0.6) is 17.2 Å². The van der Waals surface area contributed by atoms with E-state index in [1.807, 2.05) is 0 Å². The van der Waals surface area contributed by atoms with Gasteiger partial charge in [0, 0.05) is 11.6 Å². The Bertz CT molecular complexity index is 796. The van der Waals surface area contributed by atoms with Gasteiger partial charge in [-0.3, -0.25) is 19.7 Å². The molecular formula is C20H27N3O8. The van der Waals surface area contributed by atoms with Crippen molar-refractivity contribution in [3.63, 3.8) is 0 Å². The lowest BCUT2D eigenvalue weighted by Crippen LogP contribution is -2.45. The zero-order valence-corrected chi connectivity index (χ0v) is 17.7. The van der Waals surface area contributed by atoms with Crippen molar-refractivity contribution in [2.24, 2.45) is 0 Å². The summed E-state index contributed by atoms with van der Waals surface area (Å²) in [5, 5.41) is 7.16. The molecule has 0 saturated heterocycles. The molecule has 1 saturated carbocycles. The van der Waals surface area contributed by atoms with Crippen LogP contribution < -0.4 is 30.2 Å². The van der Waals surface area contributed by atoms with Crippen LogP contribution in [-0.2, 0) is 14.3 Å². The van der Waals surface area contributed by atoms with Gasteiger partial charge in [-0.2, -0.15) is 0 Å². The van der Waals surface area contributed by atoms with Gasteiger partial charge in [0.1, 0.15) is 6.54 Å². The highest BCUT2D eigenvalue weighted by Gasteiger charge is 2.20. The average Bonchev–Trinajstić information content (AvgIpc) is 3.27. The molecule has 0 atom stereocenters. The minimum atomic E-state index is -0.841. The fourth-order valence-corrected chi connectivity index (χ4v) is 3.12. The SMILES string of the molecule is COc1cc(C(=O)NCC(=O)OCC(=O)NC(=O)NC2CCCC2)cc(OC)c1OC. The lowest BCUT2D eigenvalue weighted by atomic mass is 10.1. The van der Waals surface area contributed by atoms with Gasteiger partial charge in [-0.05, 0) is 25.0 Å². The number of hydrogen-bond donors (Lipinski definition) is 3. The summed E-state index contributed by atoms with van der Waals surface area (Å²) < 4.78 is 20.3. The Morgan fingerprint density at radius 3 is 2.13 bits per heavy atom. The van der Waals surface area contributed by atoms with Crippen LogP contribution in [0.15, 0.2) is 12.1 Å². The third kappa shape index (κ3) is 7.05. The van der Waals surface area contributed by atoms with Crippen LogP contribution in [0, 0.1) is 0 Å². The molecule has 1 fully saturated rings. The predicted octanol–water partition coefficient (Wildman–Crippen LogP) is 0.754. The molecule has 0 aromatic heterocycles. The molecule has 3 N–H and O–H groups in total. The van der Waals surface area contributed by atoms with Gasteiger partial charge in [0.15, 0.2) is 18.1 Å². The fraction of sp³-hybridized carbons (Fsp3) is 0.500. The Kier molecular flexibility index (Phi) is 8.92. The standard InChI is InChI=1S/C20H27N3O8/c1-28-14-8-12(9-15(29-2)18(14)30-3)19(26)21-10-17(25)31-11-16(24)23-20(27)22-13-6-4-5-7-13/h8-9,13H,4-7,10-11H2,1-3H3,(H,21,26)(H2,22,23,24,27). The second kappa shape index (κ2) is 11.6. The van der Waals surface area contributed by atoms with Crippen molar-refractivity contribution in [2.75, 3.05) is 34.5 Å². The van der Waals surface area contributed by atoms with E-state index in [9.17, 15) is 19.2 Å². The molecule has 0 heterocycles. The van der Waals surface area contributed by atoms with E-state index in [1.165, 1.54) is 33.5 Å². The monoisotopic (exact) mass is 437 g/mol. The number of ether oxygens (including phenoxy) is 4. The Labute approximate surface area is 179 Å². The number of carbonyl (C=O) groups is 4. The molecule has 11 heteroatoms. The minimum absolute atomic E-state index is 0.0563. The smallest absolute Gasteiger partial charge is 0.325 e. The van der Waals surface area contributed by atoms with E-state index in [1.54, 1.807) is 0 Å². The summed E-state index contributed by atoms with van der Waals surface area (Å²) in [6.07, 6.45) is 3.83. The van der Waals surface area contributed by atoms with Gasteiger partial charge in [0.2, 0.25) is 5.75 Å². The van der Waals surface area contributed by atoms with Crippen LogP contribution in [-0.4, -0.2) is 64.3 Å². The normalized spacial score (nSPS) is 13.1. The summed E-state index contributed by atoms with van der Waals surface area (Å²) in [5.74, 6) is -1.31. The summed E-state index contributed by atoms with van der Waals surface area (Å²) in [6, 6.07) is 2.29. The molecule has 0 aliphatic heterocycles. The van der Waals surface area contributed by atoms with Crippen molar-refractivity contribution < 1.29 is 38.1 Å². The van der Waals surface area contributed by atoms with E-state index in [0.29, 0.717) is 5.75 Å². The van der Waals surface area contributed by atoms with E-state index in [0.717, 1.165) is 25.7 Å². The van der Waals surface area contributed by atoms with Gasteiger partial charge in [-0.15, -0.1) is 0 Å². The van der Waals surface area contributed by atoms with Crippen molar-refractivity contribution in [1.82, 2.24) is 16.0 Å². The molecule has 0 spiro atoms. The van der Waals surface area contributed by atoms with Gasteiger partial charge in [-0.25, -0.2) is 4.79 Å². The Hall–Kier alpha value is -3.50. The van der Waals surface area contributed by atoms with E-state index in [2.05, 4.69) is 16.0 Å². The molecule has 4 amide bonds. The van der Waals surface area contributed by atoms with Crippen molar-refractivity contribution in [3.05, 3.63) is 17.7 Å². The number of esters is 1. The molecule has 1 aliphatic rings. The number of hydrogen-bond acceptors (Lipinski definition) is 8. The maximum atomic E-state index is 12.3. The molecule has 1 aromatic carbocycles. The third-order valence-corrected chi connectivity index (χ3v) is 4.63. The zero-order chi connectivity index (χ0) is 22.8. The highest BCUT2D eigenvalue weighted by atomic mass is 16.5. The quantitative estimate of drug-likeness (QED) is 0.481. The first kappa shape index (κ1) is 23.8. The van der Waals surface area contributed by atoms with E-state index in [4.69, 9.17) is 18.9 Å². The number of amides is 4. The van der Waals surface area contributed by atoms with E-state index < -0.39 is 37.0 Å². The molecule has 1 aromatic rings. The molecule has 2 rings (SSSR count). The molecule has 31 heavy (non-hydrogen) atoms. The van der Waals surface area contributed by atoms with Crippen LogP contribution in [0.2, 0.25) is 0 Å². The van der Waals surface area contributed by atoms with Crippen LogP contribution in [0.4, 0.5) is 4.79 Å². The molecule has 170 valence electrons. The van der Waals surface area contributed by atoms with Crippen LogP contribution in [0.3, 0.4) is 0 Å². The first-order valence-corrected chi connectivity index (χ1v) is 9.72. The number of benzene rings is 1. The predicted molar refractivity (Wildman–Crippen MR) is 108 cm³/mol. The lowest BCUT2D eigenvalue weighted by molar-refractivity contribution is -0.147. The first-order valence-electron chi connectivity index (χ1n) is 9.72. The molecule has 11 nitrogen and oxygen atoms in total. The molecule has 0 radical (unpaired) electrons. The number of urea groups is 1. The van der Waals surface area contributed by atoms with E-state index in [-0.39, 0.29) is 23.1 Å². The van der Waals surface area contributed by atoms with Gasteiger partial charge >= 0.3 is 12.0 Å². The summed E-state index contributed by atoms with van der Waals surface area (Å²) in [4.78, 5) is 47.6. The summed E-state index contributed by atoms with van der Waals surface area (Å²) in [7, 11) is 4.26. The molecule has 0 unspecified atom stereocenters. The van der Waals surface area contributed by atoms with Crippen molar-refractivity contribution >= 4 is 23.8 Å². The Balaban J connectivity index is 1.78. The van der Waals surface area contributed by atoms with Crippen molar-refractivity contribution in [2.45, 2.75) is 31.7 Å². The van der Waals surface area contributed by atoms with Gasteiger partial charge in [0.25, 0.3) is 11.8 Å². The van der Waals surface area contributed by atoms with Crippen LogP contribution in [0.25, 0.3) is 0 Å². The first-order chi connectivity index (χ1) is 14.9. The Morgan fingerprint density at radius 1 is 0.968 bits per heavy atom. The zero-order valence-electron chi connectivity index (χ0n) is 17.7. The highest BCUT2D eigenvalue weighted by Crippen LogP contribution is 2.38. The van der Waals surface area contributed by atoms with Crippen LogP contribution in [0.1, 0.15) is 36.0 Å². The van der Waals surface area contributed by atoms with Crippen LogP contribution >= 0.6 is 0 Å². The highest BCUT2D eigenvalue weighted by molar-refractivity contribution is 5.98. The summed E-state index contributed by atoms with van der Waals surface area (Å²) >= 11 is 0. The fourth-order valence-electron chi connectivity index (χ4n) is 3.12. The lowest BCUT2D eigenvalue weighted by Gasteiger charge is -2.14. The number of imide groups is 1. The maximum absolute atomic E-state index is 12.3.